The van der Waals surface area contributed by atoms with Crippen LogP contribution in [0.25, 0.3) is 6.08 Å². The van der Waals surface area contributed by atoms with Crippen LogP contribution in [0, 0.1) is 0 Å². The van der Waals surface area contributed by atoms with Gasteiger partial charge in [-0.1, -0.05) is 29.3 Å². The first-order valence-electron chi connectivity index (χ1n) is 7.67. The molecule has 5 nitrogen and oxygen atoms in total. The Labute approximate surface area is 156 Å². The molecule has 0 atom stereocenters. The molecule has 0 saturated heterocycles. The van der Waals surface area contributed by atoms with Crippen molar-refractivity contribution in [2.45, 2.75) is 13.3 Å². The summed E-state index contributed by atoms with van der Waals surface area (Å²) in [5.74, 6) is -0.800. The second-order valence-electron chi connectivity index (χ2n) is 5.49. The Morgan fingerprint density at radius 3 is 2.56 bits per heavy atom. The lowest BCUT2D eigenvalue weighted by Crippen LogP contribution is -2.26. The molecule has 134 valence electrons. The molecule has 0 N–H and O–H groups in total. The summed E-state index contributed by atoms with van der Waals surface area (Å²) in [5.41, 5.74) is 1.78. The van der Waals surface area contributed by atoms with Crippen molar-refractivity contribution in [1.82, 2.24) is 4.90 Å². The maximum atomic E-state index is 12.8. The first-order valence-corrected chi connectivity index (χ1v) is 8.43. The quantitative estimate of drug-likeness (QED) is 0.426. The fourth-order valence-electron chi connectivity index (χ4n) is 2.63. The number of methoxy groups -OCH3 is 2. The van der Waals surface area contributed by atoms with E-state index < -0.39 is 5.97 Å². The highest BCUT2D eigenvalue weighted by atomic mass is 35.5. The number of nitrogens with zero attached hydrogens (tertiary/aromatic N) is 1. The van der Waals surface area contributed by atoms with Gasteiger partial charge in [-0.3, -0.25) is 4.79 Å². The number of hydrogen-bond acceptors (Lipinski definition) is 4. The highest BCUT2D eigenvalue weighted by molar-refractivity contribution is 6.42. The molecule has 25 heavy (non-hydrogen) atoms. The Morgan fingerprint density at radius 2 is 1.96 bits per heavy atom. The second-order valence-corrected chi connectivity index (χ2v) is 6.30. The molecule has 1 aliphatic heterocycles. The zero-order valence-electron chi connectivity index (χ0n) is 14.3. The lowest BCUT2D eigenvalue weighted by Gasteiger charge is -2.17. The van der Waals surface area contributed by atoms with Crippen LogP contribution in [0.2, 0.25) is 10.0 Å². The number of ether oxygens (including phenoxy) is 2. The number of hydrogen-bond donors (Lipinski definition) is 0. The first kappa shape index (κ1) is 19.5. The molecule has 1 heterocycles. The second kappa shape index (κ2) is 8.52. The van der Waals surface area contributed by atoms with E-state index in [0.717, 1.165) is 0 Å². The molecular formula is C18H19Cl2NO4. The van der Waals surface area contributed by atoms with E-state index in [9.17, 15) is 9.59 Å². The smallest absolute Gasteiger partial charge is 0.340 e. The molecular weight excluding hydrogens is 365 g/mol. The van der Waals surface area contributed by atoms with Crippen LogP contribution in [0.15, 0.2) is 35.0 Å². The number of carbonyl (C=O) groups excluding carboxylic acids is 2. The minimum atomic E-state index is -0.550. The third-order valence-corrected chi connectivity index (χ3v) is 4.62. The third kappa shape index (κ3) is 4.24. The van der Waals surface area contributed by atoms with Gasteiger partial charge >= 0.3 is 5.97 Å². The van der Waals surface area contributed by atoms with Crippen molar-refractivity contribution in [3.05, 3.63) is 50.7 Å². The van der Waals surface area contributed by atoms with Crippen molar-refractivity contribution in [2.75, 3.05) is 27.4 Å². The number of halogens is 2. The van der Waals surface area contributed by atoms with Crippen molar-refractivity contribution in [3.63, 3.8) is 0 Å². The Morgan fingerprint density at radius 1 is 1.24 bits per heavy atom. The van der Waals surface area contributed by atoms with E-state index >= 15 is 0 Å². The van der Waals surface area contributed by atoms with E-state index in [2.05, 4.69) is 0 Å². The maximum Gasteiger partial charge on any atom is 0.340 e. The summed E-state index contributed by atoms with van der Waals surface area (Å²) in [6.45, 7) is 2.71. The molecule has 1 amide bonds. The van der Waals surface area contributed by atoms with Crippen LogP contribution in [0.3, 0.4) is 0 Å². The van der Waals surface area contributed by atoms with Gasteiger partial charge in [-0.05, 0) is 37.1 Å². The van der Waals surface area contributed by atoms with E-state index in [4.69, 9.17) is 32.7 Å². The molecule has 1 aromatic rings. The molecule has 0 aromatic heterocycles. The van der Waals surface area contributed by atoms with Gasteiger partial charge in [0.15, 0.2) is 0 Å². The van der Waals surface area contributed by atoms with Crippen molar-refractivity contribution in [1.29, 1.82) is 0 Å². The molecule has 2 rings (SSSR count). The predicted octanol–water partition coefficient (Wildman–Crippen LogP) is 3.70. The Kier molecular flexibility index (Phi) is 6.64. The SMILES string of the molecule is COCCCN1C(=O)/C(=C\c2ccc(Cl)c(Cl)c2)C(C(=O)OC)=C1C. The number of rotatable bonds is 6. The van der Waals surface area contributed by atoms with Gasteiger partial charge in [-0.15, -0.1) is 0 Å². The van der Waals surface area contributed by atoms with Gasteiger partial charge in [-0.25, -0.2) is 4.79 Å². The summed E-state index contributed by atoms with van der Waals surface area (Å²) < 4.78 is 9.88. The average molecular weight is 384 g/mol. The highest BCUT2D eigenvalue weighted by Gasteiger charge is 2.36. The molecule has 0 bridgehead atoms. The lowest BCUT2D eigenvalue weighted by molar-refractivity contribution is -0.136. The number of amides is 1. The van der Waals surface area contributed by atoms with Gasteiger partial charge in [0.05, 0.1) is 28.3 Å². The molecule has 0 spiro atoms. The van der Waals surface area contributed by atoms with Crippen molar-refractivity contribution >= 4 is 41.2 Å². The van der Waals surface area contributed by atoms with E-state index in [0.29, 0.717) is 40.9 Å². The summed E-state index contributed by atoms with van der Waals surface area (Å²) in [5, 5.41) is 0.793. The van der Waals surface area contributed by atoms with Crippen LogP contribution < -0.4 is 0 Å². The van der Waals surface area contributed by atoms with Gasteiger partial charge in [-0.2, -0.15) is 0 Å². The predicted molar refractivity (Wildman–Crippen MR) is 97.4 cm³/mol. The van der Waals surface area contributed by atoms with Crippen LogP contribution in [-0.2, 0) is 19.1 Å². The minimum absolute atomic E-state index is 0.250. The average Bonchev–Trinajstić information content (AvgIpc) is 2.82. The summed E-state index contributed by atoms with van der Waals surface area (Å²) in [4.78, 5) is 26.6. The van der Waals surface area contributed by atoms with Gasteiger partial charge in [0, 0.05) is 26.0 Å². The van der Waals surface area contributed by atoms with Gasteiger partial charge < -0.3 is 14.4 Å². The van der Waals surface area contributed by atoms with Crippen LogP contribution in [0.4, 0.5) is 0 Å². The lowest BCUT2D eigenvalue weighted by atomic mass is 10.0. The number of benzene rings is 1. The fraction of sp³-hybridized carbons (Fsp3) is 0.333. The maximum absolute atomic E-state index is 12.8. The molecule has 0 unspecified atom stereocenters. The Hall–Kier alpha value is -1.82. The van der Waals surface area contributed by atoms with Gasteiger partial charge in [0.25, 0.3) is 5.91 Å². The summed E-state index contributed by atoms with van der Waals surface area (Å²) in [6, 6.07) is 5.01. The molecule has 0 fully saturated rings. The van der Waals surface area contributed by atoms with E-state index in [1.807, 2.05) is 0 Å². The summed E-state index contributed by atoms with van der Waals surface area (Å²) in [7, 11) is 2.89. The zero-order valence-corrected chi connectivity index (χ0v) is 15.8. The van der Waals surface area contributed by atoms with E-state index in [-0.39, 0.29) is 17.1 Å². The number of esters is 1. The summed E-state index contributed by atoms with van der Waals surface area (Å²) >= 11 is 12.0. The van der Waals surface area contributed by atoms with Gasteiger partial charge in [0.1, 0.15) is 0 Å². The van der Waals surface area contributed by atoms with Crippen LogP contribution in [0.5, 0.6) is 0 Å². The number of carbonyl (C=O) groups is 2. The van der Waals surface area contributed by atoms with E-state index in [1.54, 1.807) is 43.2 Å². The van der Waals surface area contributed by atoms with E-state index in [1.165, 1.54) is 7.11 Å². The third-order valence-electron chi connectivity index (χ3n) is 3.89. The van der Waals surface area contributed by atoms with Crippen molar-refractivity contribution in [2.24, 2.45) is 0 Å². The molecule has 0 aliphatic carbocycles. The van der Waals surface area contributed by atoms with Crippen LogP contribution in [-0.4, -0.2) is 44.1 Å². The fourth-order valence-corrected chi connectivity index (χ4v) is 2.94. The van der Waals surface area contributed by atoms with Crippen LogP contribution in [0.1, 0.15) is 18.9 Å². The molecule has 1 aliphatic rings. The van der Waals surface area contributed by atoms with Crippen LogP contribution >= 0.6 is 23.2 Å². The van der Waals surface area contributed by atoms with Gasteiger partial charge in [0.2, 0.25) is 0 Å². The standard InChI is InChI=1S/C18H19Cl2NO4/c1-11-16(18(23)25-3)13(17(22)21(11)7-4-8-24-2)9-12-5-6-14(19)15(20)10-12/h5-6,9-10H,4,7-8H2,1-3H3/b13-9-. The summed E-state index contributed by atoms with van der Waals surface area (Å²) in [6.07, 6.45) is 2.28. The molecule has 0 radical (unpaired) electrons. The Balaban J connectivity index is 2.43. The zero-order chi connectivity index (χ0) is 18.6. The molecule has 1 aromatic carbocycles. The molecule has 7 heteroatoms. The Bertz CT molecular complexity index is 755. The normalized spacial score (nSPS) is 16.1. The minimum Gasteiger partial charge on any atom is -0.465 e. The van der Waals surface area contributed by atoms with Crippen molar-refractivity contribution in [3.8, 4) is 0 Å². The monoisotopic (exact) mass is 383 g/mol. The molecule has 0 saturated carbocycles. The number of allylic oxidation sites excluding steroid dienone is 1. The van der Waals surface area contributed by atoms with Crippen molar-refractivity contribution < 1.29 is 19.1 Å². The first-order chi connectivity index (χ1) is 11.9. The topological polar surface area (TPSA) is 55.8 Å². The largest absolute Gasteiger partial charge is 0.465 e. The highest BCUT2D eigenvalue weighted by Crippen LogP contribution is 2.32.